The van der Waals surface area contributed by atoms with Gasteiger partial charge in [0.2, 0.25) is 0 Å². The van der Waals surface area contributed by atoms with Gasteiger partial charge in [-0.1, -0.05) is 11.6 Å². The number of nitrogens with zero attached hydrogens (tertiary/aromatic N) is 1. The van der Waals surface area contributed by atoms with Crippen molar-refractivity contribution in [1.82, 2.24) is 4.98 Å². The van der Waals surface area contributed by atoms with Gasteiger partial charge in [0.1, 0.15) is 6.61 Å². The second kappa shape index (κ2) is 4.96. The van der Waals surface area contributed by atoms with Crippen molar-refractivity contribution < 1.29 is 4.74 Å². The number of rotatable bonds is 3. The maximum Gasteiger partial charge on any atom is 0.171 e. The molecule has 0 fully saturated rings. The molecule has 2 aromatic rings. The summed E-state index contributed by atoms with van der Waals surface area (Å²) in [4.78, 5) is 5.07. The van der Waals surface area contributed by atoms with Crippen molar-refractivity contribution in [1.29, 1.82) is 0 Å². The van der Waals surface area contributed by atoms with Gasteiger partial charge in [0.15, 0.2) is 10.9 Å². The van der Waals surface area contributed by atoms with Crippen LogP contribution in [-0.2, 0) is 6.61 Å². The molecule has 0 amide bonds. The first-order valence-corrected chi connectivity index (χ1v) is 6.27. The molecule has 5 heteroatoms. The smallest absolute Gasteiger partial charge is 0.171 e. The van der Waals surface area contributed by atoms with Crippen LogP contribution in [0.2, 0.25) is 5.15 Å². The summed E-state index contributed by atoms with van der Waals surface area (Å²) in [7, 11) is 0. The highest BCUT2D eigenvalue weighted by molar-refractivity contribution is 9.10. The average molecular weight is 305 g/mol. The van der Waals surface area contributed by atoms with Gasteiger partial charge in [-0.2, -0.15) is 0 Å². The van der Waals surface area contributed by atoms with Gasteiger partial charge in [0, 0.05) is 20.9 Å². The Balaban J connectivity index is 2.02. The van der Waals surface area contributed by atoms with Gasteiger partial charge in [-0.3, -0.25) is 0 Å². The number of thiophene rings is 1. The lowest BCUT2D eigenvalue weighted by molar-refractivity contribution is 0.309. The fourth-order valence-corrected chi connectivity index (χ4v) is 2.59. The van der Waals surface area contributed by atoms with Crippen molar-refractivity contribution in [2.45, 2.75) is 6.61 Å². The molecule has 0 aliphatic carbocycles. The molecule has 0 aliphatic rings. The van der Waals surface area contributed by atoms with Crippen molar-refractivity contribution in [3.05, 3.63) is 44.3 Å². The molecule has 0 saturated heterocycles. The third-order valence-corrected chi connectivity index (χ3v) is 3.67. The minimum absolute atomic E-state index is 0.396. The number of hydrogen-bond acceptors (Lipinski definition) is 3. The van der Waals surface area contributed by atoms with Crippen LogP contribution in [0.15, 0.2) is 34.2 Å². The molecule has 15 heavy (non-hydrogen) atoms. The fraction of sp³-hybridized carbons (Fsp3) is 0.100. The second-order valence-electron chi connectivity index (χ2n) is 2.81. The summed E-state index contributed by atoms with van der Waals surface area (Å²) in [5.74, 6) is 0.615. The Hall–Kier alpha value is -0.580. The normalized spacial score (nSPS) is 10.3. The Morgan fingerprint density at radius 2 is 2.40 bits per heavy atom. The van der Waals surface area contributed by atoms with Crippen LogP contribution in [0, 0.1) is 0 Å². The Labute approximate surface area is 105 Å². The molecule has 0 saturated carbocycles. The standard InChI is InChI=1S/C10H7BrClNOS/c11-7-4-8(15-6-7)5-14-9-2-1-3-13-10(9)12/h1-4,6H,5H2. The monoisotopic (exact) mass is 303 g/mol. The lowest BCUT2D eigenvalue weighted by Gasteiger charge is -2.04. The molecule has 0 spiro atoms. The Morgan fingerprint density at radius 3 is 3.07 bits per heavy atom. The molecule has 0 radical (unpaired) electrons. The van der Waals surface area contributed by atoms with Crippen LogP contribution >= 0.6 is 38.9 Å². The molecule has 0 unspecified atom stereocenters. The molecule has 2 heterocycles. The zero-order chi connectivity index (χ0) is 10.7. The van der Waals surface area contributed by atoms with E-state index in [-0.39, 0.29) is 0 Å². The van der Waals surface area contributed by atoms with Gasteiger partial charge >= 0.3 is 0 Å². The number of pyridine rings is 1. The van der Waals surface area contributed by atoms with Crippen LogP contribution in [0.5, 0.6) is 5.75 Å². The van der Waals surface area contributed by atoms with E-state index in [0.29, 0.717) is 17.5 Å². The number of aromatic nitrogens is 1. The highest BCUT2D eigenvalue weighted by Gasteiger charge is 2.03. The minimum Gasteiger partial charge on any atom is -0.485 e. The molecular formula is C10H7BrClNOS. The summed E-state index contributed by atoms with van der Waals surface area (Å²) < 4.78 is 6.60. The first-order chi connectivity index (χ1) is 7.25. The highest BCUT2D eigenvalue weighted by atomic mass is 79.9. The molecule has 0 N–H and O–H groups in total. The van der Waals surface area contributed by atoms with Crippen LogP contribution in [0.3, 0.4) is 0 Å². The Morgan fingerprint density at radius 1 is 1.53 bits per heavy atom. The second-order valence-corrected chi connectivity index (χ2v) is 5.08. The molecule has 2 nitrogen and oxygen atoms in total. The highest BCUT2D eigenvalue weighted by Crippen LogP contribution is 2.24. The van der Waals surface area contributed by atoms with Crippen LogP contribution < -0.4 is 4.74 Å². The molecule has 0 atom stereocenters. The molecule has 78 valence electrons. The van der Waals surface area contributed by atoms with E-state index in [1.807, 2.05) is 11.4 Å². The zero-order valence-corrected chi connectivity index (χ0v) is 10.8. The first-order valence-electron chi connectivity index (χ1n) is 4.22. The lowest BCUT2D eigenvalue weighted by Crippen LogP contribution is -1.94. The van der Waals surface area contributed by atoms with E-state index in [9.17, 15) is 0 Å². The summed E-state index contributed by atoms with van der Waals surface area (Å²) in [5, 5.41) is 2.41. The van der Waals surface area contributed by atoms with Crippen LogP contribution in [0.4, 0.5) is 0 Å². The molecule has 0 bridgehead atoms. The fourth-order valence-electron chi connectivity index (χ4n) is 1.06. The van der Waals surface area contributed by atoms with Gasteiger partial charge in [0.05, 0.1) is 0 Å². The van der Waals surface area contributed by atoms with Gasteiger partial charge in [-0.05, 0) is 34.1 Å². The molecular weight excluding hydrogens is 298 g/mol. The summed E-state index contributed by atoms with van der Waals surface area (Å²) >= 11 is 10.9. The summed E-state index contributed by atoms with van der Waals surface area (Å²) in [5.41, 5.74) is 0. The summed E-state index contributed by atoms with van der Waals surface area (Å²) in [6, 6.07) is 5.62. The molecule has 0 aliphatic heterocycles. The Bertz CT molecular complexity index is 460. The van der Waals surface area contributed by atoms with Gasteiger partial charge in [-0.25, -0.2) is 4.98 Å². The van der Waals surface area contributed by atoms with E-state index in [1.54, 1.807) is 29.7 Å². The quantitative estimate of drug-likeness (QED) is 0.795. The van der Waals surface area contributed by atoms with Crippen molar-refractivity contribution in [3.63, 3.8) is 0 Å². The summed E-state index contributed by atoms with van der Waals surface area (Å²) in [6.07, 6.45) is 1.64. The van der Waals surface area contributed by atoms with E-state index < -0.39 is 0 Å². The predicted octanol–water partition coefficient (Wildman–Crippen LogP) is 4.14. The Kier molecular flexibility index (Phi) is 3.61. The van der Waals surface area contributed by atoms with Crippen LogP contribution in [0.25, 0.3) is 0 Å². The minimum atomic E-state index is 0.396. The van der Waals surface area contributed by atoms with Gasteiger partial charge in [0.25, 0.3) is 0 Å². The number of halogens is 2. The van der Waals surface area contributed by atoms with Crippen LogP contribution in [-0.4, -0.2) is 4.98 Å². The molecule has 0 aromatic carbocycles. The van der Waals surface area contributed by atoms with E-state index >= 15 is 0 Å². The lowest BCUT2D eigenvalue weighted by atomic mass is 10.4. The first kappa shape index (κ1) is 10.9. The van der Waals surface area contributed by atoms with Crippen molar-refractivity contribution in [2.75, 3.05) is 0 Å². The summed E-state index contributed by atoms with van der Waals surface area (Å²) in [6.45, 7) is 0.516. The third kappa shape index (κ3) is 2.93. The number of hydrogen-bond donors (Lipinski definition) is 0. The SMILES string of the molecule is Clc1ncccc1OCc1cc(Br)cs1. The number of ether oxygens (including phenoxy) is 1. The van der Waals surface area contributed by atoms with Crippen molar-refractivity contribution in [3.8, 4) is 5.75 Å². The van der Waals surface area contributed by atoms with E-state index in [2.05, 4.69) is 20.9 Å². The largest absolute Gasteiger partial charge is 0.485 e. The van der Waals surface area contributed by atoms with E-state index in [1.165, 1.54) is 0 Å². The van der Waals surface area contributed by atoms with Crippen LogP contribution in [0.1, 0.15) is 4.88 Å². The topological polar surface area (TPSA) is 22.1 Å². The molecule has 2 rings (SSSR count). The van der Waals surface area contributed by atoms with E-state index in [0.717, 1.165) is 9.35 Å². The van der Waals surface area contributed by atoms with Crippen molar-refractivity contribution in [2.24, 2.45) is 0 Å². The van der Waals surface area contributed by atoms with Gasteiger partial charge in [-0.15, -0.1) is 11.3 Å². The maximum absolute atomic E-state index is 5.85. The molecule has 2 aromatic heterocycles. The maximum atomic E-state index is 5.85. The zero-order valence-electron chi connectivity index (χ0n) is 7.61. The van der Waals surface area contributed by atoms with Crippen molar-refractivity contribution >= 4 is 38.9 Å². The van der Waals surface area contributed by atoms with Gasteiger partial charge < -0.3 is 4.74 Å². The predicted molar refractivity (Wildman–Crippen MR) is 65.6 cm³/mol. The third-order valence-electron chi connectivity index (χ3n) is 1.72. The van der Waals surface area contributed by atoms with E-state index in [4.69, 9.17) is 16.3 Å². The average Bonchev–Trinajstić information content (AvgIpc) is 2.63.